The maximum absolute atomic E-state index is 11.9. The molecule has 0 aliphatic rings. The van der Waals surface area contributed by atoms with Crippen molar-refractivity contribution >= 4 is 39.7 Å². The summed E-state index contributed by atoms with van der Waals surface area (Å²) in [4.78, 5) is 11.9. The summed E-state index contributed by atoms with van der Waals surface area (Å²) in [5.74, 6) is -0.294. The van der Waals surface area contributed by atoms with Gasteiger partial charge in [-0.2, -0.15) is 5.10 Å². The van der Waals surface area contributed by atoms with Gasteiger partial charge >= 0.3 is 0 Å². The summed E-state index contributed by atoms with van der Waals surface area (Å²) in [6.45, 7) is 1.78. The van der Waals surface area contributed by atoms with Crippen LogP contribution in [0.15, 0.2) is 46.0 Å². The Balaban J connectivity index is 2.13. The largest absolute Gasteiger partial charge is 0.507 e. The van der Waals surface area contributed by atoms with Crippen molar-refractivity contribution < 1.29 is 9.90 Å². The number of nitrogens with one attached hydrogen (secondary N) is 1. The maximum Gasteiger partial charge on any atom is 0.272 e. The van der Waals surface area contributed by atoms with Gasteiger partial charge in [-0.15, -0.1) is 0 Å². The molecule has 0 aromatic heterocycles. The fourth-order valence-corrected chi connectivity index (χ4v) is 2.54. The van der Waals surface area contributed by atoms with E-state index in [0.29, 0.717) is 21.7 Å². The zero-order chi connectivity index (χ0) is 15.4. The second kappa shape index (κ2) is 6.74. The van der Waals surface area contributed by atoms with Gasteiger partial charge in [0.05, 0.1) is 16.8 Å². The Morgan fingerprint density at radius 1 is 1.38 bits per heavy atom. The highest BCUT2D eigenvalue weighted by atomic mass is 79.9. The number of hydrazone groups is 1. The SMILES string of the molecule is Cc1cc(Br)cc(/C=N\NC(=O)c2ccccc2Cl)c1O. The smallest absolute Gasteiger partial charge is 0.272 e. The van der Waals surface area contributed by atoms with E-state index in [-0.39, 0.29) is 5.75 Å². The summed E-state index contributed by atoms with van der Waals surface area (Å²) < 4.78 is 0.816. The maximum atomic E-state index is 11.9. The standard InChI is InChI=1S/C15H12BrClN2O2/c1-9-6-11(16)7-10(14(9)20)8-18-19-15(21)12-4-2-3-5-13(12)17/h2-8,20H,1H3,(H,19,21)/b18-8-. The van der Waals surface area contributed by atoms with Gasteiger partial charge < -0.3 is 5.11 Å². The van der Waals surface area contributed by atoms with Gasteiger partial charge in [0, 0.05) is 10.0 Å². The zero-order valence-corrected chi connectivity index (χ0v) is 13.4. The first-order chi connectivity index (χ1) is 9.99. The Bertz CT molecular complexity index is 717. The number of hydrogen-bond acceptors (Lipinski definition) is 3. The molecule has 1 amide bonds. The van der Waals surface area contributed by atoms with Gasteiger partial charge in [0.2, 0.25) is 0 Å². The number of aromatic hydroxyl groups is 1. The van der Waals surface area contributed by atoms with Crippen LogP contribution in [0.4, 0.5) is 0 Å². The van der Waals surface area contributed by atoms with Crippen molar-refractivity contribution in [2.45, 2.75) is 6.92 Å². The molecule has 0 aliphatic heterocycles. The van der Waals surface area contributed by atoms with E-state index >= 15 is 0 Å². The molecule has 2 aromatic rings. The highest BCUT2D eigenvalue weighted by Crippen LogP contribution is 2.25. The highest BCUT2D eigenvalue weighted by Gasteiger charge is 2.08. The molecule has 21 heavy (non-hydrogen) atoms. The van der Waals surface area contributed by atoms with Crippen LogP contribution in [0.3, 0.4) is 0 Å². The van der Waals surface area contributed by atoms with Crippen molar-refractivity contribution in [3.8, 4) is 5.75 Å². The molecule has 4 nitrogen and oxygen atoms in total. The fraction of sp³-hybridized carbons (Fsp3) is 0.0667. The van der Waals surface area contributed by atoms with E-state index in [0.717, 1.165) is 4.47 Å². The van der Waals surface area contributed by atoms with E-state index in [1.165, 1.54) is 6.21 Å². The number of nitrogens with zero attached hydrogens (tertiary/aromatic N) is 1. The summed E-state index contributed by atoms with van der Waals surface area (Å²) in [5.41, 5.74) is 3.93. The first-order valence-corrected chi connectivity index (χ1v) is 7.23. The summed E-state index contributed by atoms with van der Waals surface area (Å²) in [5, 5.41) is 14.1. The van der Waals surface area contributed by atoms with E-state index in [4.69, 9.17) is 11.6 Å². The second-order valence-corrected chi connectivity index (χ2v) is 5.66. The van der Waals surface area contributed by atoms with Crippen LogP contribution in [0.5, 0.6) is 5.75 Å². The van der Waals surface area contributed by atoms with Crippen molar-refractivity contribution in [1.29, 1.82) is 0 Å². The average Bonchev–Trinajstić information content (AvgIpc) is 2.44. The predicted molar refractivity (Wildman–Crippen MR) is 87.1 cm³/mol. The molecule has 6 heteroatoms. The number of rotatable bonds is 3. The quantitative estimate of drug-likeness (QED) is 0.639. The topological polar surface area (TPSA) is 61.7 Å². The molecule has 0 fully saturated rings. The van der Waals surface area contributed by atoms with Gasteiger partial charge in [0.15, 0.2) is 0 Å². The number of carbonyl (C=O) groups is 1. The summed E-state index contributed by atoms with van der Waals surface area (Å²) in [7, 11) is 0. The Kier molecular flexibility index (Phi) is 4.98. The third-order valence-corrected chi connectivity index (χ3v) is 3.57. The minimum atomic E-state index is -0.414. The number of phenols is 1. The van der Waals surface area contributed by atoms with Crippen LogP contribution in [0.2, 0.25) is 5.02 Å². The number of amides is 1. The summed E-state index contributed by atoms with van der Waals surface area (Å²) in [6, 6.07) is 10.2. The molecule has 0 saturated heterocycles. The van der Waals surface area contributed by atoms with Crippen LogP contribution in [0.25, 0.3) is 0 Å². The van der Waals surface area contributed by atoms with Crippen LogP contribution in [0, 0.1) is 6.92 Å². The second-order valence-electron chi connectivity index (χ2n) is 4.34. The number of benzene rings is 2. The Labute approximate surface area is 135 Å². The average molecular weight is 368 g/mol. The summed E-state index contributed by atoms with van der Waals surface area (Å²) in [6.07, 6.45) is 1.38. The van der Waals surface area contributed by atoms with Crippen LogP contribution in [-0.4, -0.2) is 17.2 Å². The predicted octanol–water partition coefficient (Wildman–Crippen LogP) is 3.88. The number of carbonyl (C=O) groups excluding carboxylic acids is 1. The highest BCUT2D eigenvalue weighted by molar-refractivity contribution is 9.10. The first-order valence-electron chi connectivity index (χ1n) is 6.06. The van der Waals surface area contributed by atoms with Crippen LogP contribution in [0.1, 0.15) is 21.5 Å². The lowest BCUT2D eigenvalue weighted by atomic mass is 10.1. The molecule has 0 spiro atoms. The van der Waals surface area contributed by atoms with E-state index < -0.39 is 5.91 Å². The minimum Gasteiger partial charge on any atom is -0.507 e. The Morgan fingerprint density at radius 2 is 2.10 bits per heavy atom. The molecule has 0 radical (unpaired) electrons. The lowest BCUT2D eigenvalue weighted by Gasteiger charge is -2.04. The van der Waals surface area contributed by atoms with Crippen LogP contribution < -0.4 is 5.43 Å². The van der Waals surface area contributed by atoms with Gasteiger partial charge in [0.25, 0.3) is 5.91 Å². The molecule has 0 unspecified atom stereocenters. The molecular formula is C15H12BrClN2O2. The summed E-state index contributed by atoms with van der Waals surface area (Å²) >= 11 is 9.26. The van der Waals surface area contributed by atoms with Crippen molar-refractivity contribution in [3.63, 3.8) is 0 Å². The molecule has 0 heterocycles. The van der Waals surface area contributed by atoms with Gasteiger partial charge in [-0.1, -0.05) is 39.7 Å². The molecule has 0 atom stereocenters. The van der Waals surface area contributed by atoms with E-state index in [9.17, 15) is 9.90 Å². The van der Waals surface area contributed by atoms with Gasteiger partial charge in [-0.3, -0.25) is 4.79 Å². The molecular weight excluding hydrogens is 356 g/mol. The minimum absolute atomic E-state index is 0.119. The molecule has 0 saturated carbocycles. The third kappa shape index (κ3) is 3.83. The first kappa shape index (κ1) is 15.5. The molecule has 2 N–H and O–H groups in total. The normalized spacial score (nSPS) is 10.8. The van der Waals surface area contributed by atoms with E-state index in [2.05, 4.69) is 26.5 Å². The molecule has 2 aromatic carbocycles. The zero-order valence-electron chi connectivity index (χ0n) is 11.1. The van der Waals surface area contributed by atoms with Crippen LogP contribution in [-0.2, 0) is 0 Å². The lowest BCUT2D eigenvalue weighted by Crippen LogP contribution is -2.17. The van der Waals surface area contributed by atoms with E-state index in [1.54, 1.807) is 43.3 Å². The molecule has 108 valence electrons. The van der Waals surface area contributed by atoms with E-state index in [1.807, 2.05) is 0 Å². The molecule has 0 aliphatic carbocycles. The van der Waals surface area contributed by atoms with Gasteiger partial charge in [0.1, 0.15) is 5.75 Å². The number of hydrogen-bond donors (Lipinski definition) is 2. The number of phenolic OH excluding ortho intramolecular Hbond substituents is 1. The molecule has 2 rings (SSSR count). The Morgan fingerprint density at radius 3 is 2.81 bits per heavy atom. The Hall–Kier alpha value is -1.85. The van der Waals surface area contributed by atoms with Crippen LogP contribution >= 0.6 is 27.5 Å². The van der Waals surface area contributed by atoms with Gasteiger partial charge in [-0.05, 0) is 36.8 Å². The van der Waals surface area contributed by atoms with Crippen molar-refractivity contribution in [2.75, 3.05) is 0 Å². The van der Waals surface area contributed by atoms with Crippen molar-refractivity contribution in [2.24, 2.45) is 5.10 Å². The third-order valence-electron chi connectivity index (χ3n) is 2.78. The molecule has 0 bridgehead atoms. The van der Waals surface area contributed by atoms with Crippen molar-refractivity contribution in [3.05, 3.63) is 62.6 Å². The lowest BCUT2D eigenvalue weighted by molar-refractivity contribution is 0.0955. The number of aryl methyl sites for hydroxylation is 1. The fourth-order valence-electron chi connectivity index (χ4n) is 1.73. The number of halogens is 2. The van der Waals surface area contributed by atoms with Gasteiger partial charge in [-0.25, -0.2) is 5.43 Å². The van der Waals surface area contributed by atoms with Crippen molar-refractivity contribution in [1.82, 2.24) is 5.43 Å². The monoisotopic (exact) mass is 366 g/mol.